The first kappa shape index (κ1) is 17.6. The van der Waals surface area contributed by atoms with Crippen LogP contribution in [0.1, 0.15) is 41.0 Å². The highest BCUT2D eigenvalue weighted by atomic mass is 16.2. The van der Waals surface area contributed by atoms with Gasteiger partial charge in [0.05, 0.1) is 5.56 Å². The van der Waals surface area contributed by atoms with Gasteiger partial charge in [-0.25, -0.2) is 9.97 Å². The Morgan fingerprint density at radius 3 is 2.78 bits per heavy atom. The summed E-state index contributed by atoms with van der Waals surface area (Å²) in [7, 11) is 0. The van der Waals surface area contributed by atoms with Crippen LogP contribution in [0.3, 0.4) is 0 Å². The molecule has 0 saturated carbocycles. The molecule has 5 heteroatoms. The van der Waals surface area contributed by atoms with Crippen molar-refractivity contribution in [1.29, 1.82) is 0 Å². The average molecular weight is 360 g/mol. The molecule has 1 fully saturated rings. The molecule has 1 unspecified atom stereocenters. The molecule has 138 valence electrons. The smallest absolute Gasteiger partial charge is 0.256 e. The van der Waals surface area contributed by atoms with Crippen molar-refractivity contribution in [3.8, 4) is 0 Å². The molecule has 2 aromatic heterocycles. The summed E-state index contributed by atoms with van der Waals surface area (Å²) in [5.74, 6) is 1.35. The lowest BCUT2D eigenvalue weighted by molar-refractivity contribution is 0.0759. The molecule has 1 atom stereocenters. The molecule has 1 aromatic carbocycles. The maximum Gasteiger partial charge on any atom is 0.256 e. The minimum Gasteiger partial charge on any atom is -0.339 e. The van der Waals surface area contributed by atoms with E-state index in [9.17, 15) is 4.79 Å². The van der Waals surface area contributed by atoms with Crippen LogP contribution in [0, 0.1) is 12.8 Å². The summed E-state index contributed by atoms with van der Waals surface area (Å²) in [5, 5.41) is 2.42. The first-order valence-electron chi connectivity index (χ1n) is 9.59. The average Bonchev–Trinajstić information content (AvgIpc) is 2.93. The lowest BCUT2D eigenvalue weighted by Gasteiger charge is -2.20. The Kier molecular flexibility index (Phi) is 5.10. The standard InChI is InChI=1S/C22H24N4O/c1-16-24-14-21(15-25-16)22(27)26-9-2-3-17(7-10-26)11-18-4-5-20-13-23-8-6-19(20)12-18/h4-6,8,12-15,17H,2-3,7,9-11H2,1H3. The Bertz CT molecular complexity index is 938. The normalized spacial score (nSPS) is 17.7. The topological polar surface area (TPSA) is 59.0 Å². The number of aromatic nitrogens is 3. The van der Waals surface area contributed by atoms with Crippen molar-refractivity contribution in [1.82, 2.24) is 19.9 Å². The predicted octanol–water partition coefficient (Wildman–Crippen LogP) is 3.82. The fourth-order valence-corrected chi connectivity index (χ4v) is 3.85. The molecule has 5 nitrogen and oxygen atoms in total. The van der Waals surface area contributed by atoms with Crippen molar-refractivity contribution in [2.75, 3.05) is 13.1 Å². The Morgan fingerprint density at radius 1 is 1.07 bits per heavy atom. The highest BCUT2D eigenvalue weighted by Gasteiger charge is 2.22. The van der Waals surface area contributed by atoms with Gasteiger partial charge in [-0.2, -0.15) is 0 Å². The number of likely N-dealkylation sites (tertiary alicyclic amines) is 1. The second kappa shape index (κ2) is 7.82. The van der Waals surface area contributed by atoms with Gasteiger partial charge in [-0.3, -0.25) is 9.78 Å². The van der Waals surface area contributed by atoms with E-state index in [2.05, 4.69) is 39.2 Å². The number of pyridine rings is 1. The SMILES string of the molecule is Cc1ncc(C(=O)N2CCCC(Cc3ccc4cnccc4c3)CC2)cn1. The molecule has 0 N–H and O–H groups in total. The highest BCUT2D eigenvalue weighted by Crippen LogP contribution is 2.24. The second-order valence-corrected chi connectivity index (χ2v) is 7.37. The minimum atomic E-state index is 0.0499. The molecule has 1 saturated heterocycles. The number of hydrogen-bond donors (Lipinski definition) is 0. The minimum absolute atomic E-state index is 0.0499. The van der Waals surface area contributed by atoms with Gasteiger partial charge in [0.15, 0.2) is 0 Å². The summed E-state index contributed by atoms with van der Waals surface area (Å²) in [5.41, 5.74) is 1.95. The molecule has 1 aliphatic rings. The Labute approximate surface area is 159 Å². The quantitative estimate of drug-likeness (QED) is 0.712. The summed E-state index contributed by atoms with van der Waals surface area (Å²) in [6.07, 6.45) is 11.3. The highest BCUT2D eigenvalue weighted by molar-refractivity contribution is 5.93. The molecule has 0 radical (unpaired) electrons. The molecule has 1 aliphatic heterocycles. The van der Waals surface area contributed by atoms with Crippen molar-refractivity contribution < 1.29 is 4.79 Å². The number of rotatable bonds is 3. The van der Waals surface area contributed by atoms with Crippen LogP contribution >= 0.6 is 0 Å². The Morgan fingerprint density at radius 2 is 1.93 bits per heavy atom. The third kappa shape index (κ3) is 4.13. The van der Waals surface area contributed by atoms with E-state index in [1.807, 2.05) is 24.2 Å². The number of hydrogen-bond acceptors (Lipinski definition) is 4. The van der Waals surface area contributed by atoms with Crippen LogP contribution in [-0.2, 0) is 6.42 Å². The van der Waals surface area contributed by atoms with Gasteiger partial charge in [0.2, 0.25) is 0 Å². The van der Waals surface area contributed by atoms with Gasteiger partial charge in [-0.15, -0.1) is 0 Å². The van der Waals surface area contributed by atoms with E-state index < -0.39 is 0 Å². The maximum absolute atomic E-state index is 12.7. The molecule has 0 spiro atoms. The van der Waals surface area contributed by atoms with Crippen LogP contribution in [0.25, 0.3) is 10.8 Å². The zero-order chi connectivity index (χ0) is 18.6. The molecule has 0 bridgehead atoms. The van der Waals surface area contributed by atoms with E-state index in [0.717, 1.165) is 38.8 Å². The monoisotopic (exact) mass is 360 g/mol. The van der Waals surface area contributed by atoms with Gasteiger partial charge >= 0.3 is 0 Å². The fraction of sp³-hybridized carbons (Fsp3) is 0.364. The van der Waals surface area contributed by atoms with Gasteiger partial charge in [0.1, 0.15) is 5.82 Å². The predicted molar refractivity (Wildman–Crippen MR) is 105 cm³/mol. The Balaban J connectivity index is 1.40. The first-order chi connectivity index (χ1) is 13.2. The Hall–Kier alpha value is -2.82. The van der Waals surface area contributed by atoms with E-state index >= 15 is 0 Å². The van der Waals surface area contributed by atoms with Gasteiger partial charge in [0.25, 0.3) is 5.91 Å². The lowest BCUT2D eigenvalue weighted by atomic mass is 9.92. The third-order valence-corrected chi connectivity index (χ3v) is 5.39. The number of benzene rings is 1. The van der Waals surface area contributed by atoms with E-state index in [-0.39, 0.29) is 5.91 Å². The maximum atomic E-state index is 12.7. The van der Waals surface area contributed by atoms with Crippen molar-refractivity contribution in [2.24, 2.45) is 5.92 Å². The van der Waals surface area contributed by atoms with Gasteiger partial charge in [-0.05, 0) is 55.5 Å². The molecule has 3 aromatic rings. The van der Waals surface area contributed by atoms with Gasteiger partial charge < -0.3 is 4.90 Å². The van der Waals surface area contributed by atoms with Crippen molar-refractivity contribution in [2.45, 2.75) is 32.6 Å². The molecule has 27 heavy (non-hydrogen) atoms. The van der Waals surface area contributed by atoms with E-state index in [1.54, 1.807) is 12.4 Å². The van der Waals surface area contributed by atoms with Crippen LogP contribution in [0.4, 0.5) is 0 Å². The zero-order valence-corrected chi connectivity index (χ0v) is 15.6. The number of carbonyl (C=O) groups excluding carboxylic acids is 1. The summed E-state index contributed by atoms with van der Waals surface area (Å²) < 4.78 is 0. The van der Waals surface area contributed by atoms with E-state index in [4.69, 9.17) is 0 Å². The summed E-state index contributed by atoms with van der Waals surface area (Å²) in [4.78, 5) is 27.2. The number of nitrogens with zero attached hydrogens (tertiary/aromatic N) is 4. The van der Waals surface area contributed by atoms with E-state index in [0.29, 0.717) is 17.3 Å². The fourth-order valence-electron chi connectivity index (χ4n) is 3.85. The van der Waals surface area contributed by atoms with Crippen molar-refractivity contribution >= 4 is 16.7 Å². The largest absolute Gasteiger partial charge is 0.339 e. The van der Waals surface area contributed by atoms with Gasteiger partial charge in [0, 0.05) is 43.3 Å². The molecule has 3 heterocycles. The van der Waals surface area contributed by atoms with Crippen molar-refractivity contribution in [3.63, 3.8) is 0 Å². The number of amides is 1. The molecular formula is C22H24N4O. The second-order valence-electron chi connectivity index (χ2n) is 7.37. The van der Waals surface area contributed by atoms with Crippen LogP contribution in [0.5, 0.6) is 0 Å². The molecule has 1 amide bonds. The van der Waals surface area contributed by atoms with Crippen LogP contribution in [0.2, 0.25) is 0 Å². The zero-order valence-electron chi connectivity index (χ0n) is 15.6. The molecular weight excluding hydrogens is 336 g/mol. The van der Waals surface area contributed by atoms with Crippen molar-refractivity contribution in [3.05, 3.63) is 66.0 Å². The van der Waals surface area contributed by atoms with E-state index in [1.165, 1.54) is 16.3 Å². The lowest BCUT2D eigenvalue weighted by Crippen LogP contribution is -2.32. The third-order valence-electron chi connectivity index (χ3n) is 5.39. The summed E-state index contributed by atoms with van der Waals surface area (Å²) in [6.45, 7) is 3.44. The van der Waals surface area contributed by atoms with Gasteiger partial charge in [-0.1, -0.05) is 18.2 Å². The van der Waals surface area contributed by atoms with Crippen LogP contribution in [-0.4, -0.2) is 38.8 Å². The number of carbonyl (C=O) groups is 1. The van der Waals surface area contributed by atoms with Crippen LogP contribution in [0.15, 0.2) is 49.1 Å². The number of fused-ring (bicyclic) bond motifs is 1. The summed E-state index contributed by atoms with van der Waals surface area (Å²) in [6, 6.07) is 8.70. The summed E-state index contributed by atoms with van der Waals surface area (Å²) >= 11 is 0. The molecule has 4 rings (SSSR count). The van der Waals surface area contributed by atoms with Crippen LogP contribution < -0.4 is 0 Å². The first-order valence-corrected chi connectivity index (χ1v) is 9.59. The molecule has 0 aliphatic carbocycles. The number of aryl methyl sites for hydroxylation is 1.